The van der Waals surface area contributed by atoms with Gasteiger partial charge in [-0.05, 0) is 42.9 Å². The zero-order valence-electron chi connectivity index (χ0n) is 9.45. The molecule has 5 heteroatoms. The second-order valence-electron chi connectivity index (χ2n) is 3.59. The Balaban J connectivity index is 2.70. The molecule has 0 spiro atoms. The van der Waals surface area contributed by atoms with Crippen LogP contribution in [0.5, 0.6) is 5.75 Å². The predicted molar refractivity (Wildman–Crippen MR) is 71.2 cm³/mol. The average molecular weight is 267 g/mol. The monoisotopic (exact) mass is 266 g/mol. The number of halogens is 1. The molecule has 0 aliphatic heterocycles. The molecule has 0 unspecified atom stereocenters. The number of H-pyrrole nitrogens is 1. The predicted octanol–water partition coefficient (Wildman–Crippen LogP) is 3.78. The molecule has 0 fully saturated rings. The van der Waals surface area contributed by atoms with Crippen LogP contribution in [0.4, 0.5) is 0 Å². The summed E-state index contributed by atoms with van der Waals surface area (Å²) in [5, 5.41) is 0.662. The molecule has 0 aliphatic rings. The van der Waals surface area contributed by atoms with E-state index in [4.69, 9.17) is 28.6 Å². The molecular weight excluding hydrogens is 256 g/mol. The first-order chi connectivity index (χ1) is 8.11. The summed E-state index contributed by atoms with van der Waals surface area (Å²) in [6.07, 6.45) is 1.66. The minimum Gasteiger partial charge on any atom is -0.496 e. The first-order valence-corrected chi connectivity index (χ1v) is 5.80. The Morgan fingerprint density at radius 2 is 2.18 bits per heavy atom. The molecule has 1 heterocycles. The minimum atomic E-state index is 0.433. The van der Waals surface area contributed by atoms with Crippen molar-refractivity contribution in [2.75, 3.05) is 7.11 Å². The van der Waals surface area contributed by atoms with Crippen molar-refractivity contribution in [3.63, 3.8) is 0 Å². The second kappa shape index (κ2) is 4.85. The molecule has 0 bridgehead atoms. The molecule has 3 nitrogen and oxygen atoms in total. The fraction of sp³-hybridized carbons (Fsp3) is 0.167. The van der Waals surface area contributed by atoms with Gasteiger partial charge in [0.1, 0.15) is 5.75 Å². The van der Waals surface area contributed by atoms with Crippen molar-refractivity contribution in [1.29, 1.82) is 0 Å². The molecular formula is C12H11ClN2OS. The molecule has 2 rings (SSSR count). The van der Waals surface area contributed by atoms with Gasteiger partial charge in [0.25, 0.3) is 0 Å². The number of hydrogen-bond acceptors (Lipinski definition) is 3. The normalized spacial score (nSPS) is 10.3. The summed E-state index contributed by atoms with van der Waals surface area (Å²) < 4.78 is 5.82. The van der Waals surface area contributed by atoms with Gasteiger partial charge in [-0.15, -0.1) is 0 Å². The Hall–Kier alpha value is -1.39. The van der Waals surface area contributed by atoms with E-state index in [9.17, 15) is 0 Å². The second-order valence-corrected chi connectivity index (χ2v) is 4.42. The van der Waals surface area contributed by atoms with Crippen molar-refractivity contribution in [2.45, 2.75) is 6.92 Å². The van der Waals surface area contributed by atoms with Crippen molar-refractivity contribution < 1.29 is 4.74 Å². The van der Waals surface area contributed by atoms with Crippen LogP contribution in [0.3, 0.4) is 0 Å². The van der Waals surface area contributed by atoms with Gasteiger partial charge in [0.15, 0.2) is 4.77 Å². The van der Waals surface area contributed by atoms with Crippen LogP contribution in [-0.4, -0.2) is 17.1 Å². The molecule has 1 N–H and O–H groups in total. The van der Waals surface area contributed by atoms with Gasteiger partial charge in [-0.3, -0.25) is 0 Å². The van der Waals surface area contributed by atoms with Crippen LogP contribution in [0.15, 0.2) is 24.4 Å². The van der Waals surface area contributed by atoms with Gasteiger partial charge in [0.05, 0.1) is 12.8 Å². The highest BCUT2D eigenvalue weighted by molar-refractivity contribution is 7.71. The lowest BCUT2D eigenvalue weighted by Crippen LogP contribution is -1.94. The fourth-order valence-corrected chi connectivity index (χ4v) is 2.17. The molecule has 0 saturated carbocycles. The lowest BCUT2D eigenvalue weighted by atomic mass is 10.1. The summed E-state index contributed by atoms with van der Waals surface area (Å²) in [5.74, 6) is 0.784. The highest BCUT2D eigenvalue weighted by Gasteiger charge is 2.10. The molecule has 88 valence electrons. The van der Waals surface area contributed by atoms with Gasteiger partial charge in [0.2, 0.25) is 0 Å². The van der Waals surface area contributed by atoms with Crippen molar-refractivity contribution >= 4 is 23.8 Å². The van der Waals surface area contributed by atoms with E-state index < -0.39 is 0 Å². The van der Waals surface area contributed by atoms with E-state index in [1.807, 2.05) is 25.1 Å². The number of nitrogens with one attached hydrogen (secondary N) is 1. The largest absolute Gasteiger partial charge is 0.496 e. The smallest absolute Gasteiger partial charge is 0.197 e. The van der Waals surface area contributed by atoms with Crippen molar-refractivity contribution in [3.8, 4) is 17.0 Å². The molecule has 1 aromatic carbocycles. The fourth-order valence-electron chi connectivity index (χ4n) is 1.73. The van der Waals surface area contributed by atoms with E-state index in [1.54, 1.807) is 13.3 Å². The molecule has 0 atom stereocenters. The number of aromatic nitrogens is 2. The maximum atomic E-state index is 6.06. The van der Waals surface area contributed by atoms with Gasteiger partial charge >= 0.3 is 0 Å². The van der Waals surface area contributed by atoms with Gasteiger partial charge in [-0.25, -0.2) is 4.98 Å². The van der Waals surface area contributed by atoms with E-state index in [0.717, 1.165) is 22.6 Å². The number of aromatic amines is 1. The first-order valence-electron chi connectivity index (χ1n) is 5.01. The van der Waals surface area contributed by atoms with Crippen LogP contribution >= 0.6 is 23.8 Å². The number of benzene rings is 1. The number of methoxy groups -OCH3 is 1. The summed E-state index contributed by atoms with van der Waals surface area (Å²) in [6.45, 7) is 1.95. The Kier molecular flexibility index (Phi) is 3.45. The summed E-state index contributed by atoms with van der Waals surface area (Å²) in [7, 11) is 1.63. The molecule has 0 saturated heterocycles. The molecule has 0 amide bonds. The Morgan fingerprint density at radius 1 is 1.41 bits per heavy atom. The maximum Gasteiger partial charge on any atom is 0.197 e. The third-order valence-corrected chi connectivity index (χ3v) is 2.83. The zero-order chi connectivity index (χ0) is 12.4. The number of hydrogen-bond donors (Lipinski definition) is 1. The topological polar surface area (TPSA) is 37.9 Å². The Morgan fingerprint density at radius 3 is 2.82 bits per heavy atom. The highest BCUT2D eigenvalue weighted by atomic mass is 35.5. The lowest BCUT2D eigenvalue weighted by Gasteiger charge is -2.12. The lowest BCUT2D eigenvalue weighted by molar-refractivity contribution is 0.413. The van der Waals surface area contributed by atoms with Gasteiger partial charge in [0, 0.05) is 16.8 Å². The quantitative estimate of drug-likeness (QED) is 0.841. The van der Waals surface area contributed by atoms with Gasteiger partial charge in [-0.2, -0.15) is 0 Å². The van der Waals surface area contributed by atoms with Crippen LogP contribution in [-0.2, 0) is 0 Å². The van der Waals surface area contributed by atoms with Gasteiger partial charge < -0.3 is 9.72 Å². The maximum absolute atomic E-state index is 6.06. The van der Waals surface area contributed by atoms with Crippen LogP contribution in [0.2, 0.25) is 5.02 Å². The Labute approximate surface area is 109 Å². The number of rotatable bonds is 2. The number of aryl methyl sites for hydroxylation is 1. The van der Waals surface area contributed by atoms with Crippen molar-refractivity contribution in [3.05, 3.63) is 39.8 Å². The first kappa shape index (κ1) is 12.1. The van der Waals surface area contributed by atoms with Gasteiger partial charge in [-0.1, -0.05) is 11.6 Å². The summed E-state index contributed by atoms with van der Waals surface area (Å²) >= 11 is 11.1. The third-order valence-electron chi connectivity index (χ3n) is 2.41. The van der Waals surface area contributed by atoms with Crippen LogP contribution in [0.1, 0.15) is 5.56 Å². The molecule has 0 radical (unpaired) electrons. The van der Waals surface area contributed by atoms with E-state index in [0.29, 0.717) is 9.79 Å². The zero-order valence-corrected chi connectivity index (χ0v) is 11.0. The standard InChI is InChI=1S/C12H11ClN2OS/c1-7-5-8(13)6-9(11(7)16-2)10-3-4-14-12(17)15-10/h3-6H,1-2H3,(H,14,15,17). The minimum absolute atomic E-state index is 0.433. The van der Waals surface area contributed by atoms with Crippen LogP contribution in [0.25, 0.3) is 11.3 Å². The van der Waals surface area contributed by atoms with Crippen LogP contribution < -0.4 is 4.74 Å². The summed E-state index contributed by atoms with van der Waals surface area (Å²) in [4.78, 5) is 6.97. The van der Waals surface area contributed by atoms with E-state index in [2.05, 4.69) is 9.97 Å². The highest BCUT2D eigenvalue weighted by Crippen LogP contribution is 2.34. The van der Waals surface area contributed by atoms with Crippen LogP contribution in [0, 0.1) is 11.7 Å². The van der Waals surface area contributed by atoms with E-state index in [1.165, 1.54) is 0 Å². The molecule has 1 aromatic heterocycles. The van der Waals surface area contributed by atoms with E-state index in [-0.39, 0.29) is 0 Å². The van der Waals surface area contributed by atoms with Crippen molar-refractivity contribution in [1.82, 2.24) is 9.97 Å². The van der Waals surface area contributed by atoms with Crippen molar-refractivity contribution in [2.24, 2.45) is 0 Å². The average Bonchev–Trinajstić information content (AvgIpc) is 2.28. The Bertz CT molecular complexity index is 610. The molecule has 0 aliphatic carbocycles. The number of ether oxygens (including phenoxy) is 1. The van der Waals surface area contributed by atoms with E-state index >= 15 is 0 Å². The summed E-state index contributed by atoms with van der Waals surface area (Å²) in [6, 6.07) is 5.54. The SMILES string of the molecule is COc1c(C)cc(Cl)cc1-c1ccnc(=S)[nH]1. The number of nitrogens with zero attached hydrogens (tertiary/aromatic N) is 1. The molecule has 2 aromatic rings. The molecule has 17 heavy (non-hydrogen) atoms. The summed E-state index contributed by atoms with van der Waals surface area (Å²) in [5.41, 5.74) is 2.70. The third kappa shape index (κ3) is 2.48.